The van der Waals surface area contributed by atoms with Gasteiger partial charge in [0.05, 0.1) is 13.1 Å². The minimum Gasteiger partial charge on any atom is -0.370 e. The molecule has 0 unspecified atom stereocenters. The highest BCUT2D eigenvalue weighted by Gasteiger charge is 2.43. The van der Waals surface area contributed by atoms with E-state index in [2.05, 4.69) is 107 Å². The molecule has 5 rings (SSSR count). The van der Waals surface area contributed by atoms with E-state index in [9.17, 15) is 0 Å². The quantitative estimate of drug-likeness (QED) is 0.0370. The standard InChI is InChI=1S/C40H53N10/c1-2-3-22-50(23-8-21-49-40(45)46)36-26-32(30-13-4-9-28(24-30)11-6-19-47-38(41)42)15-17-34(36)35-18-16-33(27-37(35)50)31-14-5-10-29(25-31)12-7-20-48-39(43)44/h4-5,9-10,13-18,24-27H,2-3,6-8,11-12,19-23H2,1H3,(H4,41,42,47)(H4,43,44,48)(H4,45,46,49)/q+1. The lowest BCUT2D eigenvalue weighted by molar-refractivity contribution is 0.376. The number of aliphatic imine (C=N–C) groups is 3. The molecule has 4 aromatic rings. The predicted octanol–water partition coefficient (Wildman–Crippen LogP) is 5.52. The van der Waals surface area contributed by atoms with Crippen LogP contribution in [0.1, 0.15) is 50.2 Å². The lowest BCUT2D eigenvalue weighted by atomic mass is 9.96. The summed E-state index contributed by atoms with van der Waals surface area (Å²) in [6.45, 7) is 5.96. The molecule has 12 N–H and O–H groups in total. The first-order valence-electron chi connectivity index (χ1n) is 17.7. The van der Waals surface area contributed by atoms with Crippen LogP contribution in [0.15, 0.2) is 99.9 Å². The average molecular weight is 674 g/mol. The normalized spacial score (nSPS) is 12.5. The van der Waals surface area contributed by atoms with Gasteiger partial charge in [0.2, 0.25) is 0 Å². The minimum atomic E-state index is 0.133. The summed E-state index contributed by atoms with van der Waals surface area (Å²) in [6, 6.07) is 31.6. The monoisotopic (exact) mass is 673 g/mol. The highest BCUT2D eigenvalue weighted by molar-refractivity contribution is 5.98. The average Bonchev–Trinajstić information content (AvgIpc) is 3.38. The van der Waals surface area contributed by atoms with Gasteiger partial charge in [-0.1, -0.05) is 74.0 Å². The largest absolute Gasteiger partial charge is 0.370 e. The Hall–Kier alpha value is -5.35. The number of fused-ring (bicyclic) bond motifs is 3. The first-order chi connectivity index (χ1) is 24.2. The first-order valence-corrected chi connectivity index (χ1v) is 17.7. The van der Waals surface area contributed by atoms with Gasteiger partial charge in [-0.2, -0.15) is 0 Å². The van der Waals surface area contributed by atoms with Crippen LogP contribution >= 0.6 is 0 Å². The van der Waals surface area contributed by atoms with Crippen molar-refractivity contribution in [2.24, 2.45) is 49.4 Å². The van der Waals surface area contributed by atoms with Crippen molar-refractivity contribution in [2.75, 3.05) is 32.7 Å². The third-order valence-corrected chi connectivity index (χ3v) is 9.45. The van der Waals surface area contributed by atoms with Gasteiger partial charge in [0.15, 0.2) is 17.9 Å². The molecule has 4 aromatic carbocycles. The van der Waals surface area contributed by atoms with Crippen LogP contribution in [0.4, 0.5) is 11.4 Å². The molecule has 0 aromatic heterocycles. The lowest BCUT2D eigenvalue weighted by Crippen LogP contribution is -2.44. The van der Waals surface area contributed by atoms with Crippen LogP contribution in [0.2, 0.25) is 0 Å². The highest BCUT2D eigenvalue weighted by Crippen LogP contribution is 2.55. The van der Waals surface area contributed by atoms with Crippen LogP contribution in [0.5, 0.6) is 0 Å². The lowest BCUT2D eigenvalue weighted by Gasteiger charge is -2.35. The molecule has 1 aliphatic rings. The number of hydrogen-bond donors (Lipinski definition) is 6. The van der Waals surface area contributed by atoms with Crippen LogP contribution in [-0.2, 0) is 12.8 Å². The zero-order valence-corrected chi connectivity index (χ0v) is 29.3. The van der Waals surface area contributed by atoms with Crippen molar-refractivity contribution in [1.82, 2.24) is 4.48 Å². The van der Waals surface area contributed by atoms with E-state index < -0.39 is 0 Å². The van der Waals surface area contributed by atoms with Crippen molar-refractivity contribution in [3.8, 4) is 33.4 Å². The summed E-state index contributed by atoms with van der Waals surface area (Å²) in [4.78, 5) is 12.6. The summed E-state index contributed by atoms with van der Waals surface area (Å²) >= 11 is 0. The summed E-state index contributed by atoms with van der Waals surface area (Å²) in [5, 5.41) is 0. The van der Waals surface area contributed by atoms with Gasteiger partial charge in [-0.25, -0.2) is 0 Å². The van der Waals surface area contributed by atoms with Crippen LogP contribution in [-0.4, -0.2) is 50.6 Å². The second kappa shape index (κ2) is 16.8. The van der Waals surface area contributed by atoms with Crippen molar-refractivity contribution in [3.63, 3.8) is 0 Å². The Bertz CT molecular complexity index is 1730. The maximum atomic E-state index is 5.74. The molecule has 10 nitrogen and oxygen atoms in total. The molecule has 0 saturated heterocycles. The summed E-state index contributed by atoms with van der Waals surface area (Å²) < 4.78 is 0.761. The maximum Gasteiger partial charge on any atom is 0.185 e. The molecular formula is C40H53N10+. The molecule has 50 heavy (non-hydrogen) atoms. The predicted molar refractivity (Wildman–Crippen MR) is 212 cm³/mol. The van der Waals surface area contributed by atoms with Crippen LogP contribution < -0.4 is 38.9 Å². The van der Waals surface area contributed by atoms with Gasteiger partial charge in [-0.3, -0.25) is 19.5 Å². The van der Waals surface area contributed by atoms with E-state index in [-0.39, 0.29) is 17.9 Å². The van der Waals surface area contributed by atoms with Gasteiger partial charge in [0.25, 0.3) is 0 Å². The van der Waals surface area contributed by atoms with Crippen molar-refractivity contribution >= 4 is 29.3 Å². The topological polar surface area (TPSA) is 193 Å². The van der Waals surface area contributed by atoms with Crippen molar-refractivity contribution in [2.45, 2.75) is 51.9 Å². The number of hydrogen-bond acceptors (Lipinski definition) is 3. The summed E-state index contributed by atoms with van der Waals surface area (Å²) in [5.41, 5.74) is 46.2. The molecule has 1 heterocycles. The number of aryl methyl sites for hydroxylation is 2. The second-order valence-corrected chi connectivity index (χ2v) is 13.1. The second-order valence-electron chi connectivity index (χ2n) is 13.1. The van der Waals surface area contributed by atoms with E-state index in [1.807, 2.05) is 0 Å². The molecule has 0 bridgehead atoms. The summed E-state index contributed by atoms with van der Waals surface area (Å²) in [6.07, 6.45) is 6.62. The van der Waals surface area contributed by atoms with Gasteiger partial charge in [0, 0.05) is 49.3 Å². The number of guanidine groups is 3. The molecule has 10 heteroatoms. The van der Waals surface area contributed by atoms with E-state index in [0.717, 1.165) is 62.5 Å². The fourth-order valence-electron chi connectivity index (χ4n) is 7.08. The molecule has 0 radical (unpaired) electrons. The van der Waals surface area contributed by atoms with E-state index in [4.69, 9.17) is 34.4 Å². The molecule has 1 aliphatic heterocycles. The molecule has 0 amide bonds. The van der Waals surface area contributed by atoms with Crippen LogP contribution in [0.3, 0.4) is 0 Å². The Kier molecular flexibility index (Phi) is 12.1. The van der Waals surface area contributed by atoms with Gasteiger partial charge in [-0.15, -0.1) is 0 Å². The van der Waals surface area contributed by atoms with E-state index in [1.54, 1.807) is 0 Å². The molecule has 0 atom stereocenters. The van der Waals surface area contributed by atoms with Gasteiger partial charge in [0.1, 0.15) is 11.4 Å². The van der Waals surface area contributed by atoms with E-state index in [1.165, 1.54) is 55.9 Å². The number of rotatable bonds is 17. The smallest absolute Gasteiger partial charge is 0.185 e. The Morgan fingerprint density at radius 2 is 0.920 bits per heavy atom. The SMILES string of the molecule is CCCC[N+]1(CCCN=C(N)N)c2cc(-c3cccc(CCCN=C(N)N)c3)ccc2-c2ccc(-c3cccc(CCCN=C(N)N)c3)cc21. The highest BCUT2D eigenvalue weighted by atomic mass is 15.4. The molecule has 0 aliphatic carbocycles. The number of nitrogens with two attached hydrogens (primary N) is 6. The Morgan fingerprint density at radius 3 is 1.36 bits per heavy atom. The fraction of sp³-hybridized carbons (Fsp3) is 0.325. The zero-order chi connectivity index (χ0) is 35.5. The third kappa shape index (κ3) is 8.81. The van der Waals surface area contributed by atoms with Crippen molar-refractivity contribution in [1.29, 1.82) is 0 Å². The molecule has 0 saturated carbocycles. The Morgan fingerprint density at radius 1 is 0.500 bits per heavy atom. The first kappa shape index (κ1) is 35.9. The van der Waals surface area contributed by atoms with Gasteiger partial charge >= 0.3 is 0 Å². The minimum absolute atomic E-state index is 0.133. The van der Waals surface area contributed by atoms with Gasteiger partial charge < -0.3 is 34.4 Å². The van der Waals surface area contributed by atoms with Crippen molar-refractivity contribution < 1.29 is 0 Å². The number of quaternary nitrogens is 1. The molecular weight excluding hydrogens is 621 g/mol. The molecule has 262 valence electrons. The van der Waals surface area contributed by atoms with E-state index >= 15 is 0 Å². The number of unbranched alkanes of at least 4 members (excludes halogenated alkanes) is 1. The van der Waals surface area contributed by atoms with Crippen LogP contribution in [0, 0.1) is 0 Å². The fourth-order valence-corrected chi connectivity index (χ4v) is 7.08. The van der Waals surface area contributed by atoms with E-state index in [0.29, 0.717) is 19.6 Å². The number of nitrogens with zero attached hydrogens (tertiary/aromatic N) is 4. The van der Waals surface area contributed by atoms with Crippen molar-refractivity contribution in [3.05, 3.63) is 96.1 Å². The molecule has 0 fully saturated rings. The Balaban J connectivity index is 1.54. The Labute approximate surface area is 296 Å². The summed E-state index contributed by atoms with van der Waals surface area (Å²) in [5.74, 6) is 0.406. The zero-order valence-electron chi connectivity index (χ0n) is 29.3. The molecule has 0 spiro atoms. The summed E-state index contributed by atoms with van der Waals surface area (Å²) in [7, 11) is 0. The third-order valence-electron chi connectivity index (χ3n) is 9.45. The van der Waals surface area contributed by atoms with Gasteiger partial charge in [-0.05, 0) is 77.6 Å². The number of benzene rings is 4. The van der Waals surface area contributed by atoms with Crippen LogP contribution in [0.25, 0.3) is 33.4 Å². The maximum absolute atomic E-state index is 5.74.